The molecule has 1 saturated carbocycles. The molecule has 4 heterocycles. The van der Waals surface area contributed by atoms with Gasteiger partial charge in [0.2, 0.25) is 11.9 Å². The van der Waals surface area contributed by atoms with Gasteiger partial charge in [-0.3, -0.25) is 4.79 Å². The Morgan fingerprint density at radius 1 is 1.21 bits per heavy atom. The fraction of sp³-hybridized carbons (Fsp3) is 0.619. The zero-order valence-electron chi connectivity index (χ0n) is 16.8. The van der Waals surface area contributed by atoms with Crippen LogP contribution in [0.25, 0.3) is 11.3 Å². The molecule has 3 aliphatic rings. The van der Waals surface area contributed by atoms with Gasteiger partial charge in [0.05, 0.1) is 17.0 Å². The SMILES string of the molecule is Cc1cc(-c2cnc(N3CCC(NC(=O)[C@H]4CCCO4)CC3)nc2C2CC2)on1. The van der Waals surface area contributed by atoms with Crippen molar-refractivity contribution in [2.24, 2.45) is 0 Å². The number of amides is 1. The van der Waals surface area contributed by atoms with Gasteiger partial charge in [0, 0.05) is 43.9 Å². The summed E-state index contributed by atoms with van der Waals surface area (Å²) >= 11 is 0. The minimum Gasteiger partial charge on any atom is -0.368 e. The summed E-state index contributed by atoms with van der Waals surface area (Å²) in [5.74, 6) is 2.04. The number of aryl methyl sites for hydroxylation is 1. The highest BCUT2D eigenvalue weighted by atomic mass is 16.5. The van der Waals surface area contributed by atoms with Crippen molar-refractivity contribution in [3.05, 3.63) is 23.7 Å². The zero-order valence-corrected chi connectivity index (χ0v) is 16.8. The second kappa shape index (κ2) is 7.74. The van der Waals surface area contributed by atoms with E-state index >= 15 is 0 Å². The molecule has 8 nitrogen and oxygen atoms in total. The van der Waals surface area contributed by atoms with Crippen LogP contribution in [0.1, 0.15) is 55.8 Å². The van der Waals surface area contributed by atoms with Crippen LogP contribution in [0.15, 0.2) is 16.8 Å². The molecule has 2 aromatic heterocycles. The fourth-order valence-electron chi connectivity index (χ4n) is 4.19. The number of carbonyl (C=O) groups excluding carboxylic acids is 1. The number of hydrogen-bond donors (Lipinski definition) is 1. The van der Waals surface area contributed by atoms with E-state index in [-0.39, 0.29) is 18.1 Å². The van der Waals surface area contributed by atoms with Crippen LogP contribution < -0.4 is 10.2 Å². The van der Waals surface area contributed by atoms with Crippen LogP contribution in [0, 0.1) is 6.92 Å². The molecule has 0 unspecified atom stereocenters. The third-order valence-corrected chi connectivity index (χ3v) is 6.01. The number of piperidine rings is 1. The molecule has 1 amide bonds. The third-order valence-electron chi connectivity index (χ3n) is 6.01. The number of rotatable bonds is 5. The molecule has 0 bridgehead atoms. The quantitative estimate of drug-likeness (QED) is 0.829. The van der Waals surface area contributed by atoms with Gasteiger partial charge in [-0.15, -0.1) is 0 Å². The second-order valence-electron chi connectivity index (χ2n) is 8.35. The normalized spacial score (nSPS) is 22.8. The van der Waals surface area contributed by atoms with Crippen LogP contribution >= 0.6 is 0 Å². The van der Waals surface area contributed by atoms with Gasteiger partial charge >= 0.3 is 0 Å². The van der Waals surface area contributed by atoms with Gasteiger partial charge in [-0.2, -0.15) is 0 Å². The Morgan fingerprint density at radius 2 is 2.03 bits per heavy atom. The lowest BCUT2D eigenvalue weighted by Gasteiger charge is -2.33. The number of anilines is 1. The van der Waals surface area contributed by atoms with Crippen LogP contribution in [-0.4, -0.2) is 52.9 Å². The Morgan fingerprint density at radius 3 is 2.69 bits per heavy atom. The molecule has 2 aliphatic heterocycles. The highest BCUT2D eigenvalue weighted by Gasteiger charge is 2.32. The summed E-state index contributed by atoms with van der Waals surface area (Å²) in [5, 5.41) is 7.16. The van der Waals surface area contributed by atoms with Gasteiger partial charge in [-0.25, -0.2) is 9.97 Å². The number of nitrogens with zero attached hydrogens (tertiary/aromatic N) is 4. The van der Waals surface area contributed by atoms with Gasteiger partial charge in [0.1, 0.15) is 6.10 Å². The lowest BCUT2D eigenvalue weighted by molar-refractivity contribution is -0.130. The van der Waals surface area contributed by atoms with Crippen molar-refractivity contribution in [3.8, 4) is 11.3 Å². The van der Waals surface area contributed by atoms with E-state index in [4.69, 9.17) is 14.2 Å². The monoisotopic (exact) mass is 397 g/mol. The van der Waals surface area contributed by atoms with E-state index in [1.807, 2.05) is 19.2 Å². The first-order valence-electron chi connectivity index (χ1n) is 10.6. The Hall–Kier alpha value is -2.48. The van der Waals surface area contributed by atoms with E-state index in [9.17, 15) is 4.79 Å². The molecular formula is C21H27N5O3. The molecule has 0 aromatic carbocycles. The summed E-state index contributed by atoms with van der Waals surface area (Å²) in [5.41, 5.74) is 2.88. The molecule has 154 valence electrons. The first-order chi connectivity index (χ1) is 14.2. The molecule has 3 fully saturated rings. The lowest BCUT2D eigenvalue weighted by Crippen LogP contribution is -2.47. The summed E-state index contributed by atoms with van der Waals surface area (Å²) in [6.45, 7) is 4.28. The first-order valence-corrected chi connectivity index (χ1v) is 10.6. The third kappa shape index (κ3) is 3.99. The zero-order chi connectivity index (χ0) is 19.8. The minimum atomic E-state index is -0.260. The predicted octanol–water partition coefficient (Wildman–Crippen LogP) is 2.58. The van der Waals surface area contributed by atoms with Gasteiger partial charge in [-0.1, -0.05) is 5.16 Å². The number of hydrogen-bond acceptors (Lipinski definition) is 7. The number of aromatic nitrogens is 3. The molecule has 8 heteroatoms. The average Bonchev–Trinajstić information content (AvgIpc) is 3.25. The molecule has 0 spiro atoms. The number of carbonyl (C=O) groups is 1. The van der Waals surface area contributed by atoms with E-state index in [0.717, 1.165) is 80.3 Å². The molecule has 0 radical (unpaired) electrons. The van der Waals surface area contributed by atoms with Crippen molar-refractivity contribution < 1.29 is 14.1 Å². The van der Waals surface area contributed by atoms with E-state index in [1.165, 1.54) is 0 Å². The number of nitrogens with one attached hydrogen (secondary N) is 1. The Kier molecular flexibility index (Phi) is 4.95. The van der Waals surface area contributed by atoms with Gasteiger partial charge < -0.3 is 19.5 Å². The topological polar surface area (TPSA) is 93.4 Å². The van der Waals surface area contributed by atoms with E-state index in [2.05, 4.69) is 20.4 Å². The summed E-state index contributed by atoms with van der Waals surface area (Å²) in [4.78, 5) is 24.0. The lowest BCUT2D eigenvalue weighted by atomic mass is 10.0. The van der Waals surface area contributed by atoms with Crippen molar-refractivity contribution in [2.45, 2.75) is 63.5 Å². The van der Waals surface area contributed by atoms with E-state index in [0.29, 0.717) is 12.5 Å². The van der Waals surface area contributed by atoms with Gasteiger partial charge in [0.25, 0.3) is 0 Å². The largest absolute Gasteiger partial charge is 0.368 e. The van der Waals surface area contributed by atoms with Crippen LogP contribution in [0.4, 0.5) is 5.95 Å². The molecular weight excluding hydrogens is 370 g/mol. The maximum atomic E-state index is 12.3. The minimum absolute atomic E-state index is 0.0416. The Labute approximate surface area is 170 Å². The first kappa shape index (κ1) is 18.5. The average molecular weight is 397 g/mol. The Bertz CT molecular complexity index is 880. The van der Waals surface area contributed by atoms with Gasteiger partial charge in [-0.05, 0) is 45.4 Å². The molecule has 2 saturated heterocycles. The predicted molar refractivity (Wildman–Crippen MR) is 107 cm³/mol. The molecule has 5 rings (SSSR count). The molecule has 2 aromatic rings. The summed E-state index contributed by atoms with van der Waals surface area (Å²) in [6, 6.07) is 2.13. The summed E-state index contributed by atoms with van der Waals surface area (Å²) in [7, 11) is 0. The molecule has 1 N–H and O–H groups in total. The maximum absolute atomic E-state index is 12.3. The van der Waals surface area contributed by atoms with Crippen LogP contribution in [0.3, 0.4) is 0 Å². The highest BCUT2D eigenvalue weighted by molar-refractivity contribution is 5.81. The van der Waals surface area contributed by atoms with E-state index < -0.39 is 0 Å². The fourth-order valence-corrected chi connectivity index (χ4v) is 4.19. The molecule has 1 atom stereocenters. The second-order valence-corrected chi connectivity index (χ2v) is 8.35. The van der Waals surface area contributed by atoms with Crippen molar-refractivity contribution in [2.75, 3.05) is 24.6 Å². The smallest absolute Gasteiger partial charge is 0.249 e. The van der Waals surface area contributed by atoms with Crippen molar-refractivity contribution in [1.82, 2.24) is 20.4 Å². The van der Waals surface area contributed by atoms with Gasteiger partial charge in [0.15, 0.2) is 5.76 Å². The summed E-state index contributed by atoms with van der Waals surface area (Å²) in [6.07, 6.45) is 7.53. The maximum Gasteiger partial charge on any atom is 0.249 e. The van der Waals surface area contributed by atoms with Crippen LogP contribution in [0.5, 0.6) is 0 Å². The summed E-state index contributed by atoms with van der Waals surface area (Å²) < 4.78 is 10.9. The van der Waals surface area contributed by atoms with Crippen molar-refractivity contribution in [1.29, 1.82) is 0 Å². The number of ether oxygens (including phenoxy) is 1. The Balaban J connectivity index is 1.25. The standard InChI is InChI=1S/C21H27N5O3/c1-13-11-18(29-25-13)16-12-22-21(24-19(16)14-4-5-14)26-8-6-15(7-9-26)23-20(27)17-3-2-10-28-17/h11-12,14-15,17H,2-10H2,1H3,(H,23,27)/t17-/m1/s1. The molecule has 29 heavy (non-hydrogen) atoms. The van der Waals surface area contributed by atoms with E-state index in [1.54, 1.807) is 0 Å². The van der Waals surface area contributed by atoms with Crippen molar-refractivity contribution in [3.63, 3.8) is 0 Å². The highest BCUT2D eigenvalue weighted by Crippen LogP contribution is 2.43. The van der Waals surface area contributed by atoms with Crippen molar-refractivity contribution >= 4 is 11.9 Å². The van der Waals surface area contributed by atoms with Crippen LogP contribution in [-0.2, 0) is 9.53 Å². The molecule has 1 aliphatic carbocycles. The van der Waals surface area contributed by atoms with Crippen LogP contribution in [0.2, 0.25) is 0 Å².